The predicted octanol–water partition coefficient (Wildman–Crippen LogP) is 2.81. The van der Waals surface area contributed by atoms with E-state index in [1.165, 1.54) is 19.1 Å². The lowest BCUT2D eigenvalue weighted by Gasteiger charge is -2.09. The number of benzene rings is 1. The summed E-state index contributed by atoms with van der Waals surface area (Å²) >= 11 is 5.89. The smallest absolute Gasteiger partial charge is 0.165 e. The summed E-state index contributed by atoms with van der Waals surface area (Å²) in [5.41, 5.74) is 0.714. The average molecular weight is 224 g/mol. The van der Waals surface area contributed by atoms with Crippen molar-refractivity contribution in [2.45, 2.75) is 13.8 Å². The Bertz CT molecular complexity index is 435. The fourth-order valence-electron chi connectivity index (χ4n) is 1.26. The summed E-state index contributed by atoms with van der Waals surface area (Å²) in [5.74, 6) is 0.196. The van der Waals surface area contributed by atoms with Crippen LogP contribution in [-0.4, -0.2) is 12.4 Å². The number of nitrogens with zero attached hydrogens (tertiary/aromatic N) is 1. The van der Waals surface area contributed by atoms with Gasteiger partial charge in [0.25, 0.3) is 0 Å². The molecule has 0 spiro atoms. The molecular formula is C11H10ClNO2. The highest BCUT2D eigenvalue weighted by Gasteiger charge is 2.14. The van der Waals surface area contributed by atoms with E-state index < -0.39 is 0 Å². The van der Waals surface area contributed by atoms with Crippen LogP contribution in [0.2, 0.25) is 5.02 Å². The summed E-state index contributed by atoms with van der Waals surface area (Å²) in [6, 6.07) is 4.94. The number of Topliss-reactive ketones (excluding diaryl/α,β-unsaturated/α-hetero) is 1. The van der Waals surface area contributed by atoms with Gasteiger partial charge in [-0.25, -0.2) is 0 Å². The van der Waals surface area contributed by atoms with Crippen molar-refractivity contribution in [3.8, 4) is 11.8 Å². The van der Waals surface area contributed by atoms with Crippen molar-refractivity contribution in [2.24, 2.45) is 0 Å². The third kappa shape index (κ3) is 2.48. The minimum Gasteiger partial charge on any atom is -0.493 e. The molecule has 0 heterocycles. The Morgan fingerprint density at radius 3 is 2.73 bits per heavy atom. The monoisotopic (exact) mass is 223 g/mol. The summed E-state index contributed by atoms with van der Waals surface area (Å²) in [6.07, 6.45) is 0. The molecule has 0 fully saturated rings. The third-order valence-corrected chi connectivity index (χ3v) is 2.13. The van der Waals surface area contributed by atoms with E-state index in [2.05, 4.69) is 0 Å². The lowest BCUT2D eigenvalue weighted by Crippen LogP contribution is -2.02. The highest BCUT2D eigenvalue weighted by Crippen LogP contribution is 2.28. The van der Waals surface area contributed by atoms with E-state index in [4.69, 9.17) is 21.6 Å². The maximum absolute atomic E-state index is 11.3. The standard InChI is InChI=1S/C11H10ClNO2/c1-3-15-10-5-8(6-13)4-9(12)11(10)7(2)14/h4-5H,3H2,1-2H3. The molecule has 3 nitrogen and oxygen atoms in total. The van der Waals surface area contributed by atoms with Crippen LogP contribution in [0.4, 0.5) is 0 Å². The van der Waals surface area contributed by atoms with E-state index in [0.29, 0.717) is 23.5 Å². The van der Waals surface area contributed by atoms with Gasteiger partial charge in [0.2, 0.25) is 0 Å². The molecule has 1 aromatic carbocycles. The number of hydrogen-bond donors (Lipinski definition) is 0. The number of ether oxygens (including phenoxy) is 1. The maximum Gasteiger partial charge on any atom is 0.165 e. The number of halogens is 1. The molecule has 0 aliphatic carbocycles. The Hall–Kier alpha value is -1.53. The van der Waals surface area contributed by atoms with Crippen LogP contribution in [0.15, 0.2) is 12.1 Å². The van der Waals surface area contributed by atoms with Gasteiger partial charge in [0.05, 0.1) is 28.8 Å². The Balaban J connectivity index is 3.36. The van der Waals surface area contributed by atoms with Crippen molar-refractivity contribution >= 4 is 17.4 Å². The summed E-state index contributed by atoms with van der Waals surface area (Å²) < 4.78 is 5.27. The molecule has 0 saturated heterocycles. The van der Waals surface area contributed by atoms with E-state index in [1.54, 1.807) is 6.92 Å². The molecule has 0 bridgehead atoms. The first-order chi connectivity index (χ1) is 7.10. The lowest BCUT2D eigenvalue weighted by molar-refractivity contribution is 0.101. The molecule has 0 unspecified atom stereocenters. The normalized spacial score (nSPS) is 9.47. The van der Waals surface area contributed by atoms with Gasteiger partial charge in [-0.2, -0.15) is 5.26 Å². The zero-order valence-electron chi connectivity index (χ0n) is 8.50. The van der Waals surface area contributed by atoms with Crippen molar-refractivity contribution in [2.75, 3.05) is 6.61 Å². The van der Waals surface area contributed by atoms with Crippen LogP contribution >= 0.6 is 11.6 Å². The van der Waals surface area contributed by atoms with Crippen molar-refractivity contribution in [1.29, 1.82) is 5.26 Å². The van der Waals surface area contributed by atoms with Gasteiger partial charge in [-0.05, 0) is 26.0 Å². The van der Waals surface area contributed by atoms with Crippen molar-refractivity contribution in [3.05, 3.63) is 28.3 Å². The van der Waals surface area contributed by atoms with Gasteiger partial charge in [-0.15, -0.1) is 0 Å². The molecule has 0 radical (unpaired) electrons. The van der Waals surface area contributed by atoms with E-state index in [1.807, 2.05) is 6.07 Å². The molecule has 0 amide bonds. The molecule has 0 atom stereocenters. The van der Waals surface area contributed by atoms with Crippen molar-refractivity contribution < 1.29 is 9.53 Å². The molecule has 0 aliphatic rings. The van der Waals surface area contributed by atoms with Gasteiger partial charge >= 0.3 is 0 Å². The van der Waals surface area contributed by atoms with E-state index in [0.717, 1.165) is 0 Å². The molecule has 15 heavy (non-hydrogen) atoms. The quantitative estimate of drug-likeness (QED) is 0.741. The van der Waals surface area contributed by atoms with Crippen LogP contribution in [0.1, 0.15) is 29.8 Å². The number of carbonyl (C=O) groups excluding carboxylic acids is 1. The Morgan fingerprint density at radius 2 is 2.27 bits per heavy atom. The second-order valence-electron chi connectivity index (χ2n) is 2.93. The number of hydrogen-bond acceptors (Lipinski definition) is 3. The van der Waals surface area contributed by atoms with Crippen molar-refractivity contribution in [1.82, 2.24) is 0 Å². The number of carbonyl (C=O) groups is 1. The van der Waals surface area contributed by atoms with E-state index in [-0.39, 0.29) is 10.8 Å². The van der Waals surface area contributed by atoms with Gasteiger partial charge in [-0.3, -0.25) is 4.79 Å². The second-order valence-corrected chi connectivity index (χ2v) is 3.34. The zero-order valence-corrected chi connectivity index (χ0v) is 9.26. The molecule has 1 aromatic rings. The maximum atomic E-state index is 11.3. The number of ketones is 1. The van der Waals surface area contributed by atoms with Crippen LogP contribution in [0.5, 0.6) is 5.75 Å². The minimum atomic E-state index is -0.173. The summed E-state index contributed by atoms with van der Waals surface area (Å²) in [7, 11) is 0. The Labute approximate surface area is 93.2 Å². The first-order valence-electron chi connectivity index (χ1n) is 4.47. The van der Waals surface area contributed by atoms with Crippen LogP contribution in [-0.2, 0) is 0 Å². The van der Waals surface area contributed by atoms with Gasteiger partial charge in [0.1, 0.15) is 5.75 Å². The largest absolute Gasteiger partial charge is 0.493 e. The predicted molar refractivity (Wildman–Crippen MR) is 57.3 cm³/mol. The molecule has 1 rings (SSSR count). The van der Waals surface area contributed by atoms with Gasteiger partial charge in [0.15, 0.2) is 5.78 Å². The molecule has 0 N–H and O–H groups in total. The first kappa shape index (κ1) is 11.5. The van der Waals surface area contributed by atoms with E-state index >= 15 is 0 Å². The van der Waals surface area contributed by atoms with E-state index in [9.17, 15) is 4.79 Å². The topological polar surface area (TPSA) is 50.1 Å². The lowest BCUT2D eigenvalue weighted by atomic mass is 10.1. The zero-order chi connectivity index (χ0) is 11.4. The van der Waals surface area contributed by atoms with Crippen LogP contribution in [0.25, 0.3) is 0 Å². The second kappa shape index (κ2) is 4.81. The Morgan fingerprint density at radius 1 is 1.60 bits per heavy atom. The first-order valence-corrected chi connectivity index (χ1v) is 4.85. The average Bonchev–Trinajstić information content (AvgIpc) is 2.16. The Kier molecular flexibility index (Phi) is 3.70. The van der Waals surface area contributed by atoms with Crippen LogP contribution in [0.3, 0.4) is 0 Å². The highest BCUT2D eigenvalue weighted by molar-refractivity contribution is 6.34. The molecule has 0 aliphatic heterocycles. The fraction of sp³-hybridized carbons (Fsp3) is 0.273. The summed E-state index contributed by atoms with van der Waals surface area (Å²) in [5, 5.41) is 8.99. The molecular weight excluding hydrogens is 214 g/mol. The van der Waals surface area contributed by atoms with Crippen LogP contribution in [0, 0.1) is 11.3 Å². The SMILES string of the molecule is CCOc1cc(C#N)cc(Cl)c1C(C)=O. The van der Waals surface area contributed by atoms with Gasteiger partial charge in [0, 0.05) is 0 Å². The molecule has 0 aromatic heterocycles. The highest BCUT2D eigenvalue weighted by atomic mass is 35.5. The number of nitriles is 1. The molecule has 78 valence electrons. The van der Waals surface area contributed by atoms with Crippen molar-refractivity contribution in [3.63, 3.8) is 0 Å². The minimum absolute atomic E-state index is 0.173. The summed E-state index contributed by atoms with van der Waals surface area (Å²) in [6.45, 7) is 3.64. The number of rotatable bonds is 3. The van der Waals surface area contributed by atoms with Gasteiger partial charge < -0.3 is 4.74 Å². The third-order valence-electron chi connectivity index (χ3n) is 1.84. The molecule has 0 saturated carbocycles. The fourth-order valence-corrected chi connectivity index (χ4v) is 1.60. The molecule has 4 heteroatoms. The van der Waals surface area contributed by atoms with Crippen LogP contribution < -0.4 is 4.74 Å². The summed E-state index contributed by atoms with van der Waals surface area (Å²) in [4.78, 5) is 11.3. The van der Waals surface area contributed by atoms with Gasteiger partial charge in [-0.1, -0.05) is 11.6 Å².